The van der Waals surface area contributed by atoms with Crippen LogP contribution in [0.5, 0.6) is 11.5 Å². The zero-order valence-electron chi connectivity index (χ0n) is 15.2. The molecule has 0 aliphatic carbocycles. The van der Waals surface area contributed by atoms with Gasteiger partial charge < -0.3 is 19.1 Å². The van der Waals surface area contributed by atoms with Gasteiger partial charge in [0.25, 0.3) is 5.89 Å². The maximum atomic E-state index is 9.43. The molecule has 0 saturated carbocycles. The smallest absolute Gasteiger partial charge is 0.258 e. The van der Waals surface area contributed by atoms with E-state index in [0.717, 1.165) is 22.3 Å². The Balaban J connectivity index is 1.96. The summed E-state index contributed by atoms with van der Waals surface area (Å²) in [5, 5.41) is 13.5. The van der Waals surface area contributed by atoms with E-state index in [2.05, 4.69) is 10.1 Å². The van der Waals surface area contributed by atoms with Crippen LogP contribution in [-0.4, -0.2) is 28.5 Å². The molecule has 1 N–H and O–H groups in total. The molecule has 0 aliphatic heterocycles. The SMILES string of the molecule is CCOc1ccc(-c2nc(-c3cccc(CO)c3C)no2)cc1OCC. The molecule has 0 bridgehead atoms. The highest BCUT2D eigenvalue weighted by Crippen LogP contribution is 2.33. The minimum absolute atomic E-state index is 0.0268. The predicted molar refractivity (Wildman–Crippen MR) is 98.2 cm³/mol. The van der Waals surface area contributed by atoms with Crippen molar-refractivity contribution < 1.29 is 19.1 Å². The molecule has 0 spiro atoms. The maximum absolute atomic E-state index is 9.43. The van der Waals surface area contributed by atoms with Gasteiger partial charge in [0, 0.05) is 11.1 Å². The molecule has 1 heterocycles. The largest absolute Gasteiger partial charge is 0.490 e. The van der Waals surface area contributed by atoms with Crippen LogP contribution in [0.25, 0.3) is 22.8 Å². The lowest BCUT2D eigenvalue weighted by Gasteiger charge is -2.11. The van der Waals surface area contributed by atoms with E-state index in [9.17, 15) is 5.11 Å². The molecule has 6 nitrogen and oxygen atoms in total. The second kappa shape index (κ2) is 8.01. The van der Waals surface area contributed by atoms with Crippen LogP contribution in [0.4, 0.5) is 0 Å². The van der Waals surface area contributed by atoms with E-state index in [1.165, 1.54) is 0 Å². The van der Waals surface area contributed by atoms with Gasteiger partial charge in [0.2, 0.25) is 5.82 Å². The summed E-state index contributed by atoms with van der Waals surface area (Å²) in [6, 6.07) is 11.2. The van der Waals surface area contributed by atoms with Crippen molar-refractivity contribution in [3.63, 3.8) is 0 Å². The Hall–Kier alpha value is -2.86. The van der Waals surface area contributed by atoms with Crippen molar-refractivity contribution in [1.29, 1.82) is 0 Å². The second-order valence-corrected chi connectivity index (χ2v) is 5.70. The number of benzene rings is 2. The van der Waals surface area contributed by atoms with Gasteiger partial charge in [-0.05, 0) is 50.1 Å². The fourth-order valence-corrected chi connectivity index (χ4v) is 2.73. The van der Waals surface area contributed by atoms with Crippen molar-refractivity contribution in [3.05, 3.63) is 47.5 Å². The van der Waals surface area contributed by atoms with Crippen molar-refractivity contribution in [1.82, 2.24) is 10.1 Å². The topological polar surface area (TPSA) is 77.6 Å². The van der Waals surface area contributed by atoms with E-state index in [-0.39, 0.29) is 6.61 Å². The van der Waals surface area contributed by atoms with Crippen LogP contribution < -0.4 is 9.47 Å². The first-order valence-electron chi connectivity index (χ1n) is 8.61. The number of hydrogen-bond acceptors (Lipinski definition) is 6. The molecule has 6 heteroatoms. The maximum Gasteiger partial charge on any atom is 0.258 e. The lowest BCUT2D eigenvalue weighted by Crippen LogP contribution is -1.98. The molecule has 136 valence electrons. The molecule has 0 amide bonds. The molecule has 0 unspecified atom stereocenters. The van der Waals surface area contributed by atoms with Crippen molar-refractivity contribution in [2.45, 2.75) is 27.4 Å². The molecule has 0 saturated heterocycles. The standard InChI is InChI=1S/C20H22N2O4/c1-4-24-17-10-9-14(11-18(17)25-5-2)20-21-19(22-26-20)16-8-6-7-15(12-23)13(16)3/h6-11,23H,4-5,12H2,1-3H3. The number of aliphatic hydroxyl groups is 1. The number of hydrogen-bond donors (Lipinski definition) is 1. The molecule has 0 fully saturated rings. The van der Waals surface area contributed by atoms with Crippen LogP contribution in [0, 0.1) is 6.92 Å². The number of aliphatic hydroxyl groups excluding tert-OH is 1. The highest BCUT2D eigenvalue weighted by molar-refractivity contribution is 5.65. The monoisotopic (exact) mass is 354 g/mol. The van der Waals surface area contributed by atoms with Gasteiger partial charge in [0.15, 0.2) is 11.5 Å². The fourth-order valence-electron chi connectivity index (χ4n) is 2.73. The molecule has 1 aromatic heterocycles. The molecule has 26 heavy (non-hydrogen) atoms. The second-order valence-electron chi connectivity index (χ2n) is 5.70. The zero-order chi connectivity index (χ0) is 18.5. The third-order valence-corrected chi connectivity index (χ3v) is 4.07. The van der Waals surface area contributed by atoms with Gasteiger partial charge in [-0.15, -0.1) is 0 Å². The van der Waals surface area contributed by atoms with Gasteiger partial charge in [-0.25, -0.2) is 0 Å². The summed E-state index contributed by atoms with van der Waals surface area (Å²) in [4.78, 5) is 4.51. The molecule has 2 aromatic carbocycles. The third kappa shape index (κ3) is 3.55. The van der Waals surface area contributed by atoms with Crippen LogP contribution in [-0.2, 0) is 6.61 Å². The Morgan fingerprint density at radius 1 is 1.04 bits per heavy atom. The summed E-state index contributed by atoms with van der Waals surface area (Å²) in [7, 11) is 0. The summed E-state index contributed by atoms with van der Waals surface area (Å²) < 4.78 is 16.7. The Morgan fingerprint density at radius 3 is 2.54 bits per heavy atom. The Kier molecular flexibility index (Phi) is 5.53. The van der Waals surface area contributed by atoms with Crippen molar-refractivity contribution in [2.75, 3.05) is 13.2 Å². The molecule has 0 aliphatic rings. The number of aromatic nitrogens is 2. The Morgan fingerprint density at radius 2 is 1.81 bits per heavy atom. The highest BCUT2D eigenvalue weighted by atomic mass is 16.5. The minimum Gasteiger partial charge on any atom is -0.490 e. The summed E-state index contributed by atoms with van der Waals surface area (Å²) >= 11 is 0. The van der Waals surface area contributed by atoms with Gasteiger partial charge in [-0.2, -0.15) is 4.98 Å². The number of ether oxygens (including phenoxy) is 2. The average Bonchev–Trinajstić information content (AvgIpc) is 3.13. The zero-order valence-corrected chi connectivity index (χ0v) is 15.2. The molecule has 3 rings (SSSR count). The lowest BCUT2D eigenvalue weighted by molar-refractivity contribution is 0.281. The molecule has 0 atom stereocenters. The number of nitrogens with zero attached hydrogens (tertiary/aromatic N) is 2. The average molecular weight is 354 g/mol. The summed E-state index contributed by atoms with van der Waals surface area (Å²) in [6.07, 6.45) is 0. The molecular weight excluding hydrogens is 332 g/mol. The van der Waals surface area contributed by atoms with Gasteiger partial charge in [-0.1, -0.05) is 23.4 Å². The Bertz CT molecular complexity index is 889. The summed E-state index contributed by atoms with van der Waals surface area (Å²) in [5.41, 5.74) is 3.37. The minimum atomic E-state index is -0.0268. The first-order chi connectivity index (χ1) is 12.7. The predicted octanol–water partition coefficient (Wildman–Crippen LogP) is 4.00. The Labute approximate surface area is 152 Å². The third-order valence-electron chi connectivity index (χ3n) is 4.07. The van der Waals surface area contributed by atoms with Gasteiger partial charge in [-0.3, -0.25) is 0 Å². The molecule has 0 radical (unpaired) electrons. The quantitative estimate of drug-likeness (QED) is 0.691. The van der Waals surface area contributed by atoms with Crippen molar-refractivity contribution in [3.8, 4) is 34.3 Å². The lowest BCUT2D eigenvalue weighted by atomic mass is 10.0. The van der Waals surface area contributed by atoms with E-state index in [1.54, 1.807) is 0 Å². The first-order valence-corrected chi connectivity index (χ1v) is 8.61. The molecular formula is C20H22N2O4. The van der Waals surface area contributed by atoms with Crippen molar-refractivity contribution >= 4 is 0 Å². The van der Waals surface area contributed by atoms with E-state index in [0.29, 0.717) is 36.4 Å². The van der Waals surface area contributed by atoms with E-state index < -0.39 is 0 Å². The van der Waals surface area contributed by atoms with Gasteiger partial charge in [0.05, 0.1) is 19.8 Å². The van der Waals surface area contributed by atoms with Crippen molar-refractivity contribution in [2.24, 2.45) is 0 Å². The van der Waals surface area contributed by atoms with Crippen LogP contribution in [0.2, 0.25) is 0 Å². The van der Waals surface area contributed by atoms with E-state index >= 15 is 0 Å². The number of rotatable bonds is 7. The first kappa shape index (κ1) is 17.9. The van der Waals surface area contributed by atoms with Gasteiger partial charge >= 0.3 is 0 Å². The van der Waals surface area contributed by atoms with Crippen LogP contribution in [0.3, 0.4) is 0 Å². The summed E-state index contributed by atoms with van der Waals surface area (Å²) in [5.74, 6) is 2.21. The highest BCUT2D eigenvalue weighted by Gasteiger charge is 2.16. The fraction of sp³-hybridized carbons (Fsp3) is 0.300. The van der Waals surface area contributed by atoms with E-state index in [4.69, 9.17) is 14.0 Å². The normalized spacial score (nSPS) is 10.8. The molecule has 3 aromatic rings. The van der Waals surface area contributed by atoms with Crippen LogP contribution in [0.15, 0.2) is 40.9 Å². The van der Waals surface area contributed by atoms with Gasteiger partial charge in [0.1, 0.15) is 0 Å². The van der Waals surface area contributed by atoms with Crippen LogP contribution in [0.1, 0.15) is 25.0 Å². The van der Waals surface area contributed by atoms with Crippen LogP contribution >= 0.6 is 0 Å². The van der Waals surface area contributed by atoms with E-state index in [1.807, 2.05) is 57.2 Å². The summed E-state index contributed by atoms with van der Waals surface area (Å²) in [6.45, 7) is 6.85.